The summed E-state index contributed by atoms with van der Waals surface area (Å²) in [5, 5.41) is 10.3. The van der Waals surface area contributed by atoms with Crippen LogP contribution in [0, 0.1) is 0 Å². The van der Waals surface area contributed by atoms with Crippen LogP contribution < -0.4 is 5.32 Å². The van der Waals surface area contributed by atoms with E-state index < -0.39 is 5.97 Å². The lowest BCUT2D eigenvalue weighted by atomic mass is 10.4. The van der Waals surface area contributed by atoms with Gasteiger partial charge in [0.2, 0.25) is 5.91 Å². The number of hydrogen-bond donors (Lipinski definition) is 2. The molecule has 0 aromatic heterocycles. The molecule has 0 aliphatic rings. The maximum Gasteiger partial charge on any atom is 0.322 e. The molecule has 0 aliphatic carbocycles. The molecule has 0 heterocycles. The van der Waals surface area contributed by atoms with Gasteiger partial charge in [0.05, 0.1) is 5.25 Å². The molecule has 0 saturated heterocycles. The topological polar surface area (TPSA) is 66.4 Å². The predicted molar refractivity (Wildman–Crippen MR) is 43.6 cm³/mol. The van der Waals surface area contributed by atoms with Gasteiger partial charge in [0, 0.05) is 0 Å². The molecule has 5 heteroatoms. The quantitative estimate of drug-likeness (QED) is 0.631. The van der Waals surface area contributed by atoms with Gasteiger partial charge in [-0.3, -0.25) is 9.59 Å². The zero-order chi connectivity index (χ0) is 8.85. The fourth-order valence-corrected chi connectivity index (χ4v) is 0.711. The van der Waals surface area contributed by atoms with Gasteiger partial charge in [0.1, 0.15) is 6.54 Å². The molecule has 64 valence electrons. The molecule has 0 rings (SSSR count). The van der Waals surface area contributed by atoms with Crippen molar-refractivity contribution in [1.29, 1.82) is 0 Å². The van der Waals surface area contributed by atoms with E-state index in [4.69, 9.17) is 5.11 Å². The van der Waals surface area contributed by atoms with E-state index >= 15 is 0 Å². The molecule has 1 atom stereocenters. The number of thioether (sulfide) groups is 1. The third-order valence-electron chi connectivity index (χ3n) is 1.14. The van der Waals surface area contributed by atoms with Crippen molar-refractivity contribution in [2.45, 2.75) is 12.2 Å². The summed E-state index contributed by atoms with van der Waals surface area (Å²) in [5.74, 6) is -1.26. The molecule has 0 spiro atoms. The number of carbonyl (C=O) groups is 2. The summed E-state index contributed by atoms with van der Waals surface area (Å²) in [4.78, 5) is 20.9. The van der Waals surface area contributed by atoms with Gasteiger partial charge in [0.25, 0.3) is 0 Å². The molecule has 1 unspecified atom stereocenters. The highest BCUT2D eigenvalue weighted by atomic mass is 32.2. The van der Waals surface area contributed by atoms with Gasteiger partial charge in [0.15, 0.2) is 0 Å². The monoisotopic (exact) mass is 177 g/mol. The van der Waals surface area contributed by atoms with Crippen molar-refractivity contribution < 1.29 is 14.7 Å². The van der Waals surface area contributed by atoms with Crippen LogP contribution in [0.3, 0.4) is 0 Å². The first-order chi connectivity index (χ1) is 5.07. The van der Waals surface area contributed by atoms with E-state index in [0.717, 1.165) is 0 Å². The zero-order valence-electron chi connectivity index (χ0n) is 6.46. The number of aliphatic carboxylic acids is 1. The molecule has 0 aromatic rings. The molecular weight excluding hydrogens is 166 g/mol. The van der Waals surface area contributed by atoms with Crippen LogP contribution in [-0.4, -0.2) is 35.0 Å². The van der Waals surface area contributed by atoms with Gasteiger partial charge < -0.3 is 10.4 Å². The largest absolute Gasteiger partial charge is 0.480 e. The Labute approximate surface area is 69.4 Å². The summed E-state index contributed by atoms with van der Waals surface area (Å²) in [5.41, 5.74) is 0. The standard InChI is InChI=1S/C6H11NO3S/c1-4(11-2)6(10)7-3-5(8)9/h4H,3H2,1-2H3,(H,7,10)(H,8,9). The van der Waals surface area contributed by atoms with Crippen molar-refractivity contribution in [3.8, 4) is 0 Å². The van der Waals surface area contributed by atoms with Crippen LogP contribution in [0.2, 0.25) is 0 Å². The van der Waals surface area contributed by atoms with Crippen LogP contribution >= 0.6 is 11.8 Å². The number of nitrogens with one attached hydrogen (secondary N) is 1. The third-order valence-corrected chi connectivity index (χ3v) is 2.06. The molecule has 0 aliphatic heterocycles. The molecular formula is C6H11NO3S. The first-order valence-corrected chi connectivity index (χ1v) is 4.39. The van der Waals surface area contributed by atoms with E-state index in [1.54, 1.807) is 13.2 Å². The second kappa shape index (κ2) is 5.01. The second-order valence-electron chi connectivity index (χ2n) is 1.99. The van der Waals surface area contributed by atoms with Crippen LogP contribution in [0.1, 0.15) is 6.92 Å². The Balaban J connectivity index is 3.60. The van der Waals surface area contributed by atoms with Gasteiger partial charge in [-0.2, -0.15) is 11.8 Å². The summed E-state index contributed by atoms with van der Waals surface area (Å²) in [6.45, 7) is 1.42. The summed E-state index contributed by atoms with van der Waals surface area (Å²) in [7, 11) is 0. The van der Waals surface area contributed by atoms with Crippen LogP contribution in [0.25, 0.3) is 0 Å². The highest BCUT2D eigenvalue weighted by Gasteiger charge is 2.10. The molecule has 4 nitrogen and oxygen atoms in total. The maximum absolute atomic E-state index is 10.9. The third kappa shape index (κ3) is 4.66. The summed E-state index contributed by atoms with van der Waals surface area (Å²) in [6.07, 6.45) is 1.80. The normalized spacial score (nSPS) is 12.2. The minimum absolute atomic E-state index is 0.186. The zero-order valence-corrected chi connectivity index (χ0v) is 7.27. The Morgan fingerprint density at radius 3 is 2.55 bits per heavy atom. The minimum Gasteiger partial charge on any atom is -0.480 e. The number of carboxylic acids is 1. The number of amides is 1. The fourth-order valence-electron chi connectivity index (χ4n) is 0.413. The van der Waals surface area contributed by atoms with Gasteiger partial charge in [-0.1, -0.05) is 0 Å². The van der Waals surface area contributed by atoms with Crippen LogP contribution in [-0.2, 0) is 9.59 Å². The van der Waals surface area contributed by atoms with E-state index in [-0.39, 0.29) is 17.7 Å². The minimum atomic E-state index is -1.02. The van der Waals surface area contributed by atoms with Crippen LogP contribution in [0.5, 0.6) is 0 Å². The molecule has 11 heavy (non-hydrogen) atoms. The lowest BCUT2D eigenvalue weighted by Gasteiger charge is -2.06. The van der Waals surface area contributed by atoms with Gasteiger partial charge in [-0.25, -0.2) is 0 Å². The van der Waals surface area contributed by atoms with Crippen molar-refractivity contribution in [3.63, 3.8) is 0 Å². The van der Waals surface area contributed by atoms with Crippen LogP contribution in [0.4, 0.5) is 0 Å². The number of rotatable bonds is 4. The summed E-state index contributed by atoms with van der Waals surface area (Å²) < 4.78 is 0. The molecule has 1 amide bonds. The lowest BCUT2D eigenvalue weighted by molar-refractivity contribution is -0.137. The molecule has 0 radical (unpaired) electrons. The predicted octanol–water partition coefficient (Wildman–Crippen LogP) is -0.0613. The summed E-state index contributed by atoms with van der Waals surface area (Å²) >= 11 is 1.38. The van der Waals surface area contributed by atoms with Gasteiger partial charge in [-0.15, -0.1) is 0 Å². The van der Waals surface area contributed by atoms with Gasteiger partial charge >= 0.3 is 5.97 Å². The Kier molecular flexibility index (Phi) is 4.69. The van der Waals surface area contributed by atoms with Crippen molar-refractivity contribution in [3.05, 3.63) is 0 Å². The Bertz CT molecular complexity index is 160. The number of carboxylic acid groups (broad SMARTS) is 1. The van der Waals surface area contributed by atoms with Gasteiger partial charge in [-0.05, 0) is 13.2 Å². The molecule has 2 N–H and O–H groups in total. The second-order valence-corrected chi connectivity index (χ2v) is 3.17. The van der Waals surface area contributed by atoms with Crippen molar-refractivity contribution >= 4 is 23.6 Å². The smallest absolute Gasteiger partial charge is 0.322 e. The highest BCUT2D eigenvalue weighted by Crippen LogP contribution is 2.03. The fraction of sp³-hybridized carbons (Fsp3) is 0.667. The molecule has 0 bridgehead atoms. The molecule has 0 fully saturated rings. The Morgan fingerprint density at radius 2 is 2.18 bits per heavy atom. The van der Waals surface area contributed by atoms with Crippen molar-refractivity contribution in [2.24, 2.45) is 0 Å². The first kappa shape index (κ1) is 10.3. The number of carbonyl (C=O) groups excluding carboxylic acids is 1. The van der Waals surface area contributed by atoms with E-state index in [2.05, 4.69) is 5.32 Å². The highest BCUT2D eigenvalue weighted by molar-refractivity contribution is 7.99. The molecule has 0 saturated carbocycles. The van der Waals surface area contributed by atoms with Crippen molar-refractivity contribution in [2.75, 3.05) is 12.8 Å². The first-order valence-electron chi connectivity index (χ1n) is 3.10. The van der Waals surface area contributed by atoms with E-state index in [1.807, 2.05) is 0 Å². The Morgan fingerprint density at radius 1 is 1.64 bits per heavy atom. The average Bonchev–Trinajstić information content (AvgIpc) is 1.98. The number of hydrogen-bond acceptors (Lipinski definition) is 3. The van der Waals surface area contributed by atoms with Crippen LogP contribution in [0.15, 0.2) is 0 Å². The Hall–Kier alpha value is -0.710. The van der Waals surface area contributed by atoms with E-state index in [1.165, 1.54) is 11.8 Å². The molecule has 0 aromatic carbocycles. The summed E-state index contributed by atoms with van der Waals surface area (Å²) in [6, 6.07) is 0. The maximum atomic E-state index is 10.9. The SMILES string of the molecule is CSC(C)C(=O)NCC(=O)O. The lowest BCUT2D eigenvalue weighted by Crippen LogP contribution is -2.34. The van der Waals surface area contributed by atoms with E-state index in [9.17, 15) is 9.59 Å². The average molecular weight is 177 g/mol. The van der Waals surface area contributed by atoms with Crippen molar-refractivity contribution in [1.82, 2.24) is 5.32 Å². The van der Waals surface area contributed by atoms with E-state index in [0.29, 0.717) is 0 Å².